The predicted molar refractivity (Wildman–Crippen MR) is 83.1 cm³/mol. The molecule has 2 unspecified atom stereocenters. The Bertz CT molecular complexity index is 498. The SMILES string of the molecule is CC1CN(C)CCC1NC(=O)/C=C/c1cccc(N)c1. The van der Waals surface area contributed by atoms with Gasteiger partial charge in [0.05, 0.1) is 0 Å². The molecular formula is C16H23N3O. The minimum atomic E-state index is -0.0335. The minimum absolute atomic E-state index is 0.0335. The molecule has 108 valence electrons. The van der Waals surface area contributed by atoms with Crippen LogP contribution in [0, 0.1) is 5.92 Å². The second-order valence-electron chi connectivity index (χ2n) is 5.65. The van der Waals surface area contributed by atoms with Crippen molar-refractivity contribution in [2.45, 2.75) is 19.4 Å². The van der Waals surface area contributed by atoms with Crippen LogP contribution >= 0.6 is 0 Å². The summed E-state index contributed by atoms with van der Waals surface area (Å²) in [5.74, 6) is 0.451. The molecule has 4 heteroatoms. The first kappa shape index (κ1) is 14.6. The summed E-state index contributed by atoms with van der Waals surface area (Å²) >= 11 is 0. The second-order valence-corrected chi connectivity index (χ2v) is 5.65. The molecule has 0 aromatic heterocycles. The van der Waals surface area contributed by atoms with Gasteiger partial charge in [0.25, 0.3) is 0 Å². The molecule has 0 radical (unpaired) electrons. The molecule has 3 N–H and O–H groups in total. The number of hydrogen-bond acceptors (Lipinski definition) is 3. The highest BCUT2D eigenvalue weighted by atomic mass is 16.1. The summed E-state index contributed by atoms with van der Waals surface area (Å²) < 4.78 is 0. The molecule has 0 spiro atoms. The highest BCUT2D eigenvalue weighted by Crippen LogP contribution is 2.15. The quantitative estimate of drug-likeness (QED) is 0.651. The van der Waals surface area contributed by atoms with Gasteiger partial charge in [0.1, 0.15) is 0 Å². The summed E-state index contributed by atoms with van der Waals surface area (Å²) in [6.45, 7) is 4.25. The Morgan fingerprint density at radius 1 is 1.50 bits per heavy atom. The van der Waals surface area contributed by atoms with Crippen molar-refractivity contribution in [2.75, 3.05) is 25.9 Å². The Morgan fingerprint density at radius 3 is 3.00 bits per heavy atom. The van der Waals surface area contributed by atoms with Gasteiger partial charge in [-0.05, 0) is 49.7 Å². The van der Waals surface area contributed by atoms with Crippen LogP contribution in [0.25, 0.3) is 6.08 Å². The lowest BCUT2D eigenvalue weighted by atomic mass is 9.94. The molecule has 1 aromatic rings. The van der Waals surface area contributed by atoms with Crippen LogP contribution in [0.3, 0.4) is 0 Å². The Balaban J connectivity index is 1.89. The molecule has 0 bridgehead atoms. The lowest BCUT2D eigenvalue weighted by molar-refractivity contribution is -0.117. The fraction of sp³-hybridized carbons (Fsp3) is 0.438. The summed E-state index contributed by atoms with van der Waals surface area (Å²) in [7, 11) is 2.12. The maximum Gasteiger partial charge on any atom is 0.244 e. The van der Waals surface area contributed by atoms with E-state index in [1.165, 1.54) is 0 Å². The summed E-state index contributed by atoms with van der Waals surface area (Å²) in [5, 5.41) is 3.09. The van der Waals surface area contributed by atoms with Gasteiger partial charge in [-0.15, -0.1) is 0 Å². The van der Waals surface area contributed by atoms with Crippen LogP contribution in [0.4, 0.5) is 5.69 Å². The third-order valence-corrected chi connectivity index (χ3v) is 3.77. The summed E-state index contributed by atoms with van der Waals surface area (Å²) in [5.41, 5.74) is 7.35. The molecule has 0 saturated carbocycles. The van der Waals surface area contributed by atoms with Gasteiger partial charge in [-0.1, -0.05) is 19.1 Å². The number of carbonyl (C=O) groups is 1. The number of likely N-dealkylation sites (tertiary alicyclic amines) is 1. The zero-order valence-corrected chi connectivity index (χ0v) is 12.2. The number of nitrogens with two attached hydrogens (primary N) is 1. The topological polar surface area (TPSA) is 58.4 Å². The zero-order valence-electron chi connectivity index (χ0n) is 12.2. The van der Waals surface area contributed by atoms with Crippen molar-refractivity contribution in [3.8, 4) is 0 Å². The Kier molecular flexibility index (Phi) is 4.79. The number of rotatable bonds is 3. The molecule has 1 amide bonds. The third-order valence-electron chi connectivity index (χ3n) is 3.77. The molecule has 0 aliphatic carbocycles. The number of nitrogen functional groups attached to an aromatic ring is 1. The van der Waals surface area contributed by atoms with Gasteiger partial charge in [-0.2, -0.15) is 0 Å². The average molecular weight is 273 g/mol. The number of carbonyl (C=O) groups excluding carboxylic acids is 1. The van der Waals surface area contributed by atoms with E-state index in [0.717, 1.165) is 25.1 Å². The van der Waals surface area contributed by atoms with Crippen molar-refractivity contribution < 1.29 is 4.79 Å². The molecule has 1 aliphatic heterocycles. The van der Waals surface area contributed by atoms with Crippen LogP contribution in [0.1, 0.15) is 18.9 Å². The molecule has 4 nitrogen and oxygen atoms in total. The van der Waals surface area contributed by atoms with Gasteiger partial charge >= 0.3 is 0 Å². The van der Waals surface area contributed by atoms with Gasteiger partial charge in [0.2, 0.25) is 5.91 Å². The lowest BCUT2D eigenvalue weighted by Gasteiger charge is -2.34. The number of anilines is 1. The fourth-order valence-electron chi connectivity index (χ4n) is 2.63. The van der Waals surface area contributed by atoms with Gasteiger partial charge in [0, 0.05) is 24.4 Å². The molecule has 2 atom stereocenters. The van der Waals surface area contributed by atoms with Crippen LogP contribution in [-0.2, 0) is 4.79 Å². The zero-order chi connectivity index (χ0) is 14.5. The first-order chi connectivity index (χ1) is 9.54. The Hall–Kier alpha value is -1.81. The normalized spacial score (nSPS) is 23.9. The maximum absolute atomic E-state index is 12.0. The van der Waals surface area contributed by atoms with E-state index >= 15 is 0 Å². The summed E-state index contributed by atoms with van der Waals surface area (Å²) in [6, 6.07) is 7.76. The van der Waals surface area contributed by atoms with Crippen LogP contribution in [0.2, 0.25) is 0 Å². The van der Waals surface area contributed by atoms with E-state index in [2.05, 4.69) is 24.2 Å². The minimum Gasteiger partial charge on any atom is -0.399 e. The monoisotopic (exact) mass is 273 g/mol. The van der Waals surface area contributed by atoms with Crippen molar-refractivity contribution in [1.29, 1.82) is 0 Å². The molecule has 1 aromatic carbocycles. The van der Waals surface area contributed by atoms with Crippen molar-refractivity contribution in [2.24, 2.45) is 5.92 Å². The van der Waals surface area contributed by atoms with Crippen molar-refractivity contribution in [3.63, 3.8) is 0 Å². The average Bonchev–Trinajstić information content (AvgIpc) is 2.40. The van der Waals surface area contributed by atoms with E-state index < -0.39 is 0 Å². The van der Waals surface area contributed by atoms with E-state index in [4.69, 9.17) is 5.73 Å². The Labute approximate surface area is 120 Å². The first-order valence-electron chi connectivity index (χ1n) is 7.07. The number of piperidine rings is 1. The van der Waals surface area contributed by atoms with E-state index in [0.29, 0.717) is 11.6 Å². The largest absolute Gasteiger partial charge is 0.399 e. The van der Waals surface area contributed by atoms with Crippen LogP contribution in [0.5, 0.6) is 0 Å². The van der Waals surface area contributed by atoms with E-state index in [-0.39, 0.29) is 11.9 Å². The molecule has 20 heavy (non-hydrogen) atoms. The second kappa shape index (κ2) is 6.57. The van der Waals surface area contributed by atoms with E-state index in [9.17, 15) is 4.79 Å². The number of nitrogens with one attached hydrogen (secondary N) is 1. The van der Waals surface area contributed by atoms with Gasteiger partial charge in [-0.3, -0.25) is 4.79 Å². The predicted octanol–water partition coefficient (Wildman–Crippen LogP) is 1.74. The van der Waals surface area contributed by atoms with Gasteiger partial charge < -0.3 is 16.0 Å². The lowest BCUT2D eigenvalue weighted by Crippen LogP contribution is -2.48. The van der Waals surface area contributed by atoms with Crippen molar-refractivity contribution in [1.82, 2.24) is 10.2 Å². The van der Waals surface area contributed by atoms with Gasteiger partial charge in [-0.25, -0.2) is 0 Å². The van der Waals surface area contributed by atoms with Crippen molar-refractivity contribution >= 4 is 17.7 Å². The fourth-order valence-corrected chi connectivity index (χ4v) is 2.63. The van der Waals surface area contributed by atoms with E-state index in [1.807, 2.05) is 24.3 Å². The van der Waals surface area contributed by atoms with Gasteiger partial charge in [0.15, 0.2) is 0 Å². The molecule has 1 aliphatic rings. The number of nitrogens with zero attached hydrogens (tertiary/aromatic N) is 1. The molecule has 1 heterocycles. The Morgan fingerprint density at radius 2 is 2.30 bits per heavy atom. The molecule has 1 saturated heterocycles. The number of benzene rings is 1. The smallest absolute Gasteiger partial charge is 0.244 e. The molecular weight excluding hydrogens is 250 g/mol. The van der Waals surface area contributed by atoms with Crippen LogP contribution in [0.15, 0.2) is 30.3 Å². The maximum atomic E-state index is 12.0. The highest BCUT2D eigenvalue weighted by molar-refractivity contribution is 5.92. The van der Waals surface area contributed by atoms with Crippen LogP contribution < -0.4 is 11.1 Å². The molecule has 2 rings (SSSR count). The molecule has 1 fully saturated rings. The van der Waals surface area contributed by atoms with Crippen LogP contribution in [-0.4, -0.2) is 37.0 Å². The first-order valence-corrected chi connectivity index (χ1v) is 7.07. The summed E-state index contributed by atoms with van der Waals surface area (Å²) in [4.78, 5) is 14.3. The highest BCUT2D eigenvalue weighted by Gasteiger charge is 2.24. The van der Waals surface area contributed by atoms with E-state index in [1.54, 1.807) is 12.2 Å². The third kappa shape index (κ3) is 4.10. The number of hydrogen-bond donors (Lipinski definition) is 2. The number of amides is 1. The standard InChI is InChI=1S/C16H23N3O/c1-12-11-19(2)9-8-15(12)18-16(20)7-6-13-4-3-5-14(17)10-13/h3-7,10,12,15H,8-9,11,17H2,1-2H3,(H,18,20)/b7-6+. The summed E-state index contributed by atoms with van der Waals surface area (Å²) in [6.07, 6.45) is 4.39. The van der Waals surface area contributed by atoms with Crippen molar-refractivity contribution in [3.05, 3.63) is 35.9 Å².